The molecule has 2 aliphatic rings. The summed E-state index contributed by atoms with van der Waals surface area (Å²) < 4.78 is 4.94. The van der Waals surface area contributed by atoms with Crippen LogP contribution in [0, 0.1) is 0 Å². The molecule has 0 unspecified atom stereocenters. The van der Waals surface area contributed by atoms with E-state index in [1.165, 1.54) is 19.4 Å². The summed E-state index contributed by atoms with van der Waals surface area (Å²) in [5, 5.41) is 0. The minimum absolute atomic E-state index is 0.0710. The van der Waals surface area contributed by atoms with Crippen LogP contribution in [0.1, 0.15) is 20.7 Å². The molecule has 2 heterocycles. The molecule has 3 rings (SSSR count). The van der Waals surface area contributed by atoms with Gasteiger partial charge in [-0.15, -0.1) is 0 Å². The summed E-state index contributed by atoms with van der Waals surface area (Å²) >= 11 is 0. The van der Waals surface area contributed by atoms with E-state index in [1.54, 1.807) is 6.07 Å². The van der Waals surface area contributed by atoms with Gasteiger partial charge in [0.05, 0.1) is 12.7 Å². The molecule has 0 N–H and O–H groups in total. The van der Waals surface area contributed by atoms with Crippen molar-refractivity contribution in [1.82, 2.24) is 9.88 Å². The first-order valence-electron chi connectivity index (χ1n) is 6.88. The van der Waals surface area contributed by atoms with E-state index in [0.29, 0.717) is 11.1 Å². The Hall–Kier alpha value is -2.21. The lowest BCUT2D eigenvalue weighted by atomic mass is 9.95. The van der Waals surface area contributed by atoms with E-state index >= 15 is 0 Å². The van der Waals surface area contributed by atoms with Crippen molar-refractivity contribution in [3.8, 4) is 0 Å². The van der Waals surface area contributed by atoms with Gasteiger partial charge in [0.1, 0.15) is 5.82 Å². The number of rotatable bonds is 2. The molecule has 0 bridgehead atoms. The molecule has 0 aromatic carbocycles. The molecule has 6 nitrogen and oxygen atoms in total. The molecule has 1 aromatic rings. The number of hydrogen-bond acceptors (Lipinski definition) is 6. The third-order valence-corrected chi connectivity index (χ3v) is 3.93. The van der Waals surface area contributed by atoms with Crippen LogP contribution in [0.5, 0.6) is 0 Å². The Morgan fingerprint density at radius 3 is 2.52 bits per heavy atom. The Morgan fingerprint density at radius 2 is 1.86 bits per heavy atom. The highest BCUT2D eigenvalue weighted by Crippen LogP contribution is 2.25. The first-order chi connectivity index (χ1) is 10.1. The van der Waals surface area contributed by atoms with E-state index in [-0.39, 0.29) is 17.3 Å². The predicted molar refractivity (Wildman–Crippen MR) is 77.7 cm³/mol. The second-order valence-electron chi connectivity index (χ2n) is 5.28. The number of anilines is 1. The number of hydrogen-bond donors (Lipinski definition) is 0. The summed E-state index contributed by atoms with van der Waals surface area (Å²) in [4.78, 5) is 33.0. The molecule has 1 aromatic heterocycles. The zero-order valence-electron chi connectivity index (χ0n) is 12.1. The van der Waals surface area contributed by atoms with Gasteiger partial charge in [0, 0.05) is 44.0 Å². The molecule has 1 fully saturated rings. The molecule has 1 aliphatic heterocycles. The molecule has 0 atom stereocenters. The average Bonchev–Trinajstić information content (AvgIpc) is 2.51. The third kappa shape index (κ3) is 2.42. The van der Waals surface area contributed by atoms with Crippen LogP contribution in [0.15, 0.2) is 24.1 Å². The van der Waals surface area contributed by atoms with Crippen molar-refractivity contribution in [1.29, 1.82) is 0 Å². The van der Waals surface area contributed by atoms with E-state index in [1.807, 2.05) is 0 Å². The van der Waals surface area contributed by atoms with E-state index < -0.39 is 0 Å². The number of allylic oxidation sites excluding steroid dienone is 2. The van der Waals surface area contributed by atoms with Crippen molar-refractivity contribution < 1.29 is 14.3 Å². The number of piperazine rings is 1. The van der Waals surface area contributed by atoms with Crippen molar-refractivity contribution in [3.05, 3.63) is 35.2 Å². The van der Waals surface area contributed by atoms with Gasteiger partial charge < -0.3 is 14.5 Å². The van der Waals surface area contributed by atoms with Crippen LogP contribution in [0.25, 0.3) is 0 Å². The Balaban J connectivity index is 1.92. The maximum atomic E-state index is 12.1. The number of ketones is 2. The lowest BCUT2D eigenvalue weighted by Crippen LogP contribution is -2.44. The fraction of sp³-hybridized carbons (Fsp3) is 0.400. The van der Waals surface area contributed by atoms with Crippen LogP contribution in [0.3, 0.4) is 0 Å². The Kier molecular flexibility index (Phi) is 3.47. The van der Waals surface area contributed by atoms with Crippen molar-refractivity contribution in [2.45, 2.75) is 0 Å². The number of Topliss-reactive ketones (excluding diaryl/α,β-unsaturated/α-hetero) is 1. The summed E-state index contributed by atoms with van der Waals surface area (Å²) in [5.41, 5.74) is 0.724. The van der Waals surface area contributed by atoms with Crippen LogP contribution in [0.4, 0.5) is 5.82 Å². The van der Waals surface area contributed by atoms with Crippen LogP contribution >= 0.6 is 0 Å². The highest BCUT2D eigenvalue weighted by Gasteiger charge is 2.28. The second kappa shape index (κ2) is 5.29. The quantitative estimate of drug-likeness (QED) is 0.799. The number of likely N-dealkylation sites (N-methyl/N-ethyl adjacent to an activating group) is 1. The van der Waals surface area contributed by atoms with Gasteiger partial charge in [-0.2, -0.15) is 0 Å². The van der Waals surface area contributed by atoms with E-state index in [0.717, 1.165) is 32.0 Å². The number of nitrogens with zero attached hydrogens (tertiary/aromatic N) is 3. The van der Waals surface area contributed by atoms with Crippen molar-refractivity contribution in [2.75, 3.05) is 45.2 Å². The number of pyridine rings is 1. The van der Waals surface area contributed by atoms with Gasteiger partial charge in [0.2, 0.25) is 5.78 Å². The molecule has 21 heavy (non-hydrogen) atoms. The normalized spacial score (nSPS) is 19.3. The second-order valence-corrected chi connectivity index (χ2v) is 5.28. The number of methoxy groups -OCH3 is 1. The Labute approximate surface area is 123 Å². The maximum Gasteiger partial charge on any atom is 0.229 e. The molecule has 1 aliphatic carbocycles. The Morgan fingerprint density at radius 1 is 1.14 bits per heavy atom. The topological polar surface area (TPSA) is 62.7 Å². The summed E-state index contributed by atoms with van der Waals surface area (Å²) in [6.07, 6.45) is 2.73. The standard InChI is InChI=1S/C15H17N3O3/c1-17-3-5-18(6-4-17)14-7-10-11(9-16-14)15(20)13(21-2)8-12(10)19/h7-9H,3-6H2,1-2H3. The minimum Gasteiger partial charge on any atom is -0.492 e. The van der Waals surface area contributed by atoms with Gasteiger partial charge in [-0.05, 0) is 13.1 Å². The third-order valence-electron chi connectivity index (χ3n) is 3.93. The molecule has 0 saturated carbocycles. The van der Waals surface area contributed by atoms with E-state index in [2.05, 4.69) is 21.8 Å². The van der Waals surface area contributed by atoms with Crippen molar-refractivity contribution in [3.63, 3.8) is 0 Å². The van der Waals surface area contributed by atoms with Crippen molar-refractivity contribution >= 4 is 17.4 Å². The van der Waals surface area contributed by atoms with Crippen molar-refractivity contribution in [2.24, 2.45) is 0 Å². The summed E-state index contributed by atoms with van der Waals surface area (Å²) in [7, 11) is 3.46. The first kappa shape index (κ1) is 13.8. The molecule has 0 radical (unpaired) electrons. The van der Waals surface area contributed by atoms with Gasteiger partial charge >= 0.3 is 0 Å². The summed E-state index contributed by atoms with van der Waals surface area (Å²) in [5.74, 6) is 0.322. The van der Waals surface area contributed by atoms with Crippen LogP contribution < -0.4 is 4.90 Å². The van der Waals surface area contributed by atoms with Crippen LogP contribution in [-0.4, -0.2) is 61.8 Å². The monoisotopic (exact) mass is 287 g/mol. The molecular weight excluding hydrogens is 270 g/mol. The van der Waals surface area contributed by atoms with Gasteiger partial charge in [-0.1, -0.05) is 0 Å². The number of carbonyl (C=O) groups excluding carboxylic acids is 2. The lowest BCUT2D eigenvalue weighted by Gasteiger charge is -2.33. The molecular formula is C15H17N3O3. The summed E-state index contributed by atoms with van der Waals surface area (Å²) in [6.45, 7) is 3.64. The number of fused-ring (bicyclic) bond motifs is 1. The maximum absolute atomic E-state index is 12.1. The number of carbonyl (C=O) groups is 2. The zero-order chi connectivity index (χ0) is 15.0. The zero-order valence-corrected chi connectivity index (χ0v) is 12.1. The van der Waals surface area contributed by atoms with E-state index in [9.17, 15) is 9.59 Å². The molecule has 0 amide bonds. The minimum atomic E-state index is -0.287. The van der Waals surface area contributed by atoms with Crippen LogP contribution in [-0.2, 0) is 4.74 Å². The highest BCUT2D eigenvalue weighted by atomic mass is 16.5. The first-order valence-corrected chi connectivity index (χ1v) is 6.88. The van der Waals surface area contributed by atoms with E-state index in [4.69, 9.17) is 4.74 Å². The van der Waals surface area contributed by atoms with Crippen LogP contribution in [0.2, 0.25) is 0 Å². The fourth-order valence-corrected chi connectivity index (χ4v) is 2.58. The van der Waals surface area contributed by atoms with Gasteiger partial charge in [0.15, 0.2) is 11.5 Å². The molecule has 1 saturated heterocycles. The van der Waals surface area contributed by atoms with Gasteiger partial charge in [-0.3, -0.25) is 9.59 Å². The largest absolute Gasteiger partial charge is 0.492 e. The fourth-order valence-electron chi connectivity index (χ4n) is 2.58. The smallest absolute Gasteiger partial charge is 0.229 e. The summed E-state index contributed by atoms with van der Waals surface area (Å²) in [6, 6.07) is 1.71. The Bertz CT molecular complexity index is 631. The lowest BCUT2D eigenvalue weighted by molar-refractivity contribution is 0.0916. The number of ether oxygens (including phenoxy) is 1. The molecule has 110 valence electrons. The highest BCUT2D eigenvalue weighted by molar-refractivity contribution is 6.23. The number of aromatic nitrogens is 1. The molecule has 0 spiro atoms. The van der Waals surface area contributed by atoms with Gasteiger partial charge in [-0.25, -0.2) is 4.98 Å². The predicted octanol–water partition coefficient (Wildman–Crippen LogP) is 0.743. The molecule has 6 heteroatoms. The average molecular weight is 287 g/mol. The van der Waals surface area contributed by atoms with Gasteiger partial charge in [0.25, 0.3) is 0 Å². The SMILES string of the molecule is COC1=CC(=O)c2cc(N3CCN(C)CC3)ncc2C1=O.